The van der Waals surface area contributed by atoms with Gasteiger partial charge in [0, 0.05) is 6.07 Å². The van der Waals surface area contributed by atoms with Crippen molar-refractivity contribution in [3.63, 3.8) is 0 Å². The van der Waals surface area contributed by atoms with Crippen molar-refractivity contribution in [2.75, 3.05) is 4.90 Å². The summed E-state index contributed by atoms with van der Waals surface area (Å²) in [6.45, 7) is 2.10. The van der Waals surface area contributed by atoms with Gasteiger partial charge in [0.25, 0.3) is 0 Å². The molecule has 7 heteroatoms. The van der Waals surface area contributed by atoms with Crippen molar-refractivity contribution in [3.05, 3.63) is 54.6 Å². The van der Waals surface area contributed by atoms with Crippen LogP contribution in [0.3, 0.4) is 0 Å². The molecule has 0 bridgehead atoms. The number of carbonyl (C=O) groups is 2. The summed E-state index contributed by atoms with van der Waals surface area (Å²) >= 11 is 0. The Morgan fingerprint density at radius 3 is 2.39 bits per heavy atom. The number of benzene rings is 2. The van der Waals surface area contributed by atoms with Crippen molar-refractivity contribution in [1.82, 2.24) is 0 Å². The lowest BCUT2D eigenvalue weighted by atomic mass is 9.76. The number of imide groups is 1. The monoisotopic (exact) mass is 399 g/mol. The third-order valence-corrected chi connectivity index (χ3v) is 6.76. The molecule has 1 saturated heterocycles. The zero-order valence-electron chi connectivity index (χ0n) is 15.4. The molecular weight excluding hydrogens is 378 g/mol. The Morgan fingerprint density at radius 1 is 0.929 bits per heavy atom. The van der Waals surface area contributed by atoms with E-state index < -0.39 is 10.1 Å². The van der Waals surface area contributed by atoms with Crippen LogP contribution in [-0.4, -0.2) is 20.2 Å². The van der Waals surface area contributed by atoms with Crippen molar-refractivity contribution in [1.29, 1.82) is 0 Å². The Balaban J connectivity index is 1.61. The van der Waals surface area contributed by atoms with Gasteiger partial charge in [-0.1, -0.05) is 31.2 Å². The van der Waals surface area contributed by atoms with Crippen molar-refractivity contribution in [2.45, 2.75) is 31.1 Å². The first-order valence-corrected chi connectivity index (χ1v) is 10.7. The number of amides is 2. The molecule has 0 aromatic heterocycles. The second kappa shape index (κ2) is 7.05. The Labute approximate surface area is 164 Å². The number of anilines is 1. The van der Waals surface area contributed by atoms with Crippen LogP contribution in [0.2, 0.25) is 0 Å². The number of nitrogens with zero attached hydrogens (tertiary/aromatic N) is 1. The van der Waals surface area contributed by atoms with Crippen molar-refractivity contribution < 1.29 is 22.2 Å². The summed E-state index contributed by atoms with van der Waals surface area (Å²) in [5, 5.41) is 0. The highest BCUT2D eigenvalue weighted by Gasteiger charge is 2.50. The topological polar surface area (TPSA) is 80.8 Å². The van der Waals surface area contributed by atoms with E-state index in [-0.39, 0.29) is 34.3 Å². The van der Waals surface area contributed by atoms with Crippen LogP contribution in [0.4, 0.5) is 5.69 Å². The zero-order chi connectivity index (χ0) is 19.9. The standard InChI is InChI=1S/C21H21NO5S/c1-14-10-11-18-19(12-14)21(24)22(20(18)23)15-6-5-7-16(13-15)27-28(25,26)17-8-3-2-4-9-17/h2-9,13-14,18-19H,10-12H2,1H3/t14-,18+,19-/m1/s1. The SMILES string of the molecule is C[C@@H]1CC[C@@H]2C(=O)N(c3cccc(OS(=O)(=O)c4ccccc4)c3)C(=O)[C@@H]2C1. The van der Waals surface area contributed by atoms with E-state index >= 15 is 0 Å². The fraction of sp³-hybridized carbons (Fsp3) is 0.333. The summed E-state index contributed by atoms with van der Waals surface area (Å²) in [7, 11) is -4.00. The summed E-state index contributed by atoms with van der Waals surface area (Å²) < 4.78 is 30.1. The molecule has 0 radical (unpaired) electrons. The lowest BCUT2D eigenvalue weighted by molar-refractivity contribution is -0.122. The van der Waals surface area contributed by atoms with E-state index in [1.165, 1.54) is 29.2 Å². The Kier molecular flexibility index (Phi) is 4.71. The summed E-state index contributed by atoms with van der Waals surface area (Å²) in [6.07, 6.45) is 2.36. The molecule has 0 unspecified atom stereocenters. The quantitative estimate of drug-likeness (QED) is 0.582. The summed E-state index contributed by atoms with van der Waals surface area (Å²) in [5.74, 6) is -0.487. The van der Waals surface area contributed by atoms with Crippen molar-refractivity contribution in [2.24, 2.45) is 17.8 Å². The normalized spacial score (nSPS) is 24.9. The van der Waals surface area contributed by atoms with E-state index in [1.54, 1.807) is 30.3 Å². The highest BCUT2D eigenvalue weighted by molar-refractivity contribution is 7.87. The largest absolute Gasteiger partial charge is 0.379 e. The van der Waals surface area contributed by atoms with Crippen LogP contribution in [-0.2, 0) is 19.7 Å². The van der Waals surface area contributed by atoms with Crippen LogP contribution in [0.1, 0.15) is 26.2 Å². The number of hydrogen-bond acceptors (Lipinski definition) is 5. The molecule has 2 aliphatic rings. The molecule has 0 spiro atoms. The van der Waals surface area contributed by atoms with Crippen LogP contribution >= 0.6 is 0 Å². The van der Waals surface area contributed by atoms with E-state index in [9.17, 15) is 18.0 Å². The van der Waals surface area contributed by atoms with E-state index in [2.05, 4.69) is 6.92 Å². The molecule has 2 fully saturated rings. The first-order chi connectivity index (χ1) is 13.4. The molecule has 28 heavy (non-hydrogen) atoms. The van der Waals surface area contributed by atoms with Gasteiger partial charge in [0.05, 0.1) is 17.5 Å². The predicted molar refractivity (Wildman–Crippen MR) is 103 cm³/mol. The van der Waals surface area contributed by atoms with Gasteiger partial charge in [-0.15, -0.1) is 0 Å². The lowest BCUT2D eigenvalue weighted by Crippen LogP contribution is -2.30. The van der Waals surface area contributed by atoms with E-state index in [0.29, 0.717) is 24.4 Å². The van der Waals surface area contributed by atoms with Crippen LogP contribution < -0.4 is 9.08 Å². The molecule has 1 aliphatic carbocycles. The summed E-state index contributed by atoms with van der Waals surface area (Å²) in [6, 6.07) is 13.9. The first-order valence-electron chi connectivity index (χ1n) is 9.34. The fourth-order valence-corrected chi connectivity index (χ4v) is 5.02. The highest BCUT2D eigenvalue weighted by Crippen LogP contribution is 2.42. The fourth-order valence-electron chi connectivity index (χ4n) is 4.08. The number of hydrogen-bond donors (Lipinski definition) is 0. The Hall–Kier alpha value is -2.67. The smallest absolute Gasteiger partial charge is 0.339 e. The van der Waals surface area contributed by atoms with E-state index in [1.807, 2.05) is 0 Å². The minimum atomic E-state index is -4.00. The average molecular weight is 399 g/mol. The molecule has 1 aliphatic heterocycles. The Bertz CT molecular complexity index is 1020. The molecule has 6 nitrogen and oxygen atoms in total. The van der Waals surface area contributed by atoms with E-state index in [0.717, 1.165) is 6.42 Å². The second-order valence-corrected chi connectivity index (χ2v) is 9.04. The molecule has 2 aromatic carbocycles. The molecule has 2 aromatic rings. The molecular formula is C21H21NO5S. The molecule has 4 rings (SSSR count). The number of rotatable bonds is 4. The molecule has 0 N–H and O–H groups in total. The van der Waals surface area contributed by atoms with Gasteiger partial charge in [0.15, 0.2) is 0 Å². The molecule has 2 amide bonds. The minimum absolute atomic E-state index is 0.0359. The Morgan fingerprint density at radius 2 is 1.64 bits per heavy atom. The number of carbonyl (C=O) groups excluding carboxylic acids is 2. The first kappa shape index (κ1) is 18.7. The molecule has 3 atom stereocenters. The maximum Gasteiger partial charge on any atom is 0.339 e. The average Bonchev–Trinajstić information content (AvgIpc) is 2.92. The van der Waals surface area contributed by atoms with Crippen molar-refractivity contribution >= 4 is 27.6 Å². The number of fused-ring (bicyclic) bond motifs is 1. The van der Waals surface area contributed by atoms with Gasteiger partial charge >= 0.3 is 10.1 Å². The maximum atomic E-state index is 12.9. The third kappa shape index (κ3) is 3.30. The van der Waals surface area contributed by atoms with Crippen LogP contribution in [0.25, 0.3) is 0 Å². The molecule has 1 saturated carbocycles. The van der Waals surface area contributed by atoms with Gasteiger partial charge in [-0.2, -0.15) is 8.42 Å². The van der Waals surface area contributed by atoms with Crippen LogP contribution in [0.15, 0.2) is 59.5 Å². The minimum Gasteiger partial charge on any atom is -0.379 e. The van der Waals surface area contributed by atoms with Gasteiger partial charge < -0.3 is 4.18 Å². The maximum absolute atomic E-state index is 12.9. The summed E-state index contributed by atoms with van der Waals surface area (Å²) in [5.41, 5.74) is 0.345. The second-order valence-electron chi connectivity index (χ2n) is 7.49. The third-order valence-electron chi connectivity index (χ3n) is 5.50. The van der Waals surface area contributed by atoms with Gasteiger partial charge in [0.2, 0.25) is 11.8 Å². The summed E-state index contributed by atoms with van der Waals surface area (Å²) in [4.78, 5) is 26.9. The van der Waals surface area contributed by atoms with Gasteiger partial charge in [-0.05, 0) is 49.4 Å². The lowest BCUT2D eigenvalue weighted by Gasteiger charge is -2.25. The highest BCUT2D eigenvalue weighted by atomic mass is 32.2. The van der Waals surface area contributed by atoms with Crippen LogP contribution in [0, 0.1) is 17.8 Å². The molecule has 146 valence electrons. The van der Waals surface area contributed by atoms with Gasteiger partial charge in [0.1, 0.15) is 10.6 Å². The zero-order valence-corrected chi connectivity index (χ0v) is 16.3. The predicted octanol–water partition coefficient (Wildman–Crippen LogP) is 3.38. The van der Waals surface area contributed by atoms with Crippen molar-refractivity contribution in [3.8, 4) is 5.75 Å². The van der Waals surface area contributed by atoms with Crippen LogP contribution in [0.5, 0.6) is 5.75 Å². The molecule has 1 heterocycles. The van der Waals surface area contributed by atoms with E-state index in [4.69, 9.17) is 4.18 Å². The van der Waals surface area contributed by atoms with Gasteiger partial charge in [-0.3, -0.25) is 9.59 Å². The van der Waals surface area contributed by atoms with Gasteiger partial charge in [-0.25, -0.2) is 4.90 Å².